The molecule has 2 aromatic rings. The molecule has 1 N–H and O–H groups in total. The van der Waals surface area contributed by atoms with Gasteiger partial charge in [0, 0.05) is 26.5 Å². The Morgan fingerprint density at radius 2 is 1.86 bits per heavy atom. The first-order valence-electron chi connectivity index (χ1n) is 7.34. The molecular weight excluding hydrogens is 282 g/mol. The molecule has 0 amide bonds. The van der Waals surface area contributed by atoms with Gasteiger partial charge >= 0.3 is 0 Å². The molecule has 0 aliphatic rings. The van der Waals surface area contributed by atoms with E-state index in [1.807, 2.05) is 0 Å². The van der Waals surface area contributed by atoms with Gasteiger partial charge in [0.15, 0.2) is 0 Å². The monoisotopic (exact) mass is 305 g/mol. The van der Waals surface area contributed by atoms with Crippen molar-refractivity contribution in [2.45, 2.75) is 26.2 Å². The SMILES string of the molecule is COCCNCCCc1nnc(Cc2ccc(C)cc2)s1. The number of methoxy groups -OCH3 is 1. The van der Waals surface area contributed by atoms with E-state index < -0.39 is 0 Å². The number of rotatable bonds is 9. The predicted octanol–water partition coefficient (Wildman–Crippen LogP) is 2.61. The number of nitrogens with one attached hydrogen (secondary N) is 1. The molecule has 0 aliphatic heterocycles. The molecule has 0 radical (unpaired) electrons. The van der Waals surface area contributed by atoms with Crippen LogP contribution in [0.2, 0.25) is 0 Å². The topological polar surface area (TPSA) is 47.0 Å². The third kappa shape index (κ3) is 5.91. The zero-order chi connectivity index (χ0) is 14.9. The summed E-state index contributed by atoms with van der Waals surface area (Å²) in [6, 6.07) is 8.61. The van der Waals surface area contributed by atoms with Crippen LogP contribution in [-0.2, 0) is 17.6 Å². The fourth-order valence-corrected chi connectivity index (χ4v) is 2.93. The van der Waals surface area contributed by atoms with E-state index in [2.05, 4.69) is 46.7 Å². The fraction of sp³-hybridized carbons (Fsp3) is 0.500. The lowest BCUT2D eigenvalue weighted by atomic mass is 10.1. The van der Waals surface area contributed by atoms with Gasteiger partial charge in [-0.3, -0.25) is 0 Å². The van der Waals surface area contributed by atoms with Crippen LogP contribution in [0.15, 0.2) is 24.3 Å². The first kappa shape index (κ1) is 16.1. The Morgan fingerprint density at radius 3 is 2.62 bits per heavy atom. The summed E-state index contributed by atoms with van der Waals surface area (Å²) < 4.78 is 4.99. The van der Waals surface area contributed by atoms with Crippen molar-refractivity contribution in [2.24, 2.45) is 0 Å². The van der Waals surface area contributed by atoms with E-state index in [0.717, 1.165) is 49.0 Å². The molecule has 0 atom stereocenters. The Kier molecular flexibility index (Phi) is 6.79. The van der Waals surface area contributed by atoms with Crippen molar-refractivity contribution >= 4 is 11.3 Å². The van der Waals surface area contributed by atoms with Gasteiger partial charge in [-0.15, -0.1) is 21.5 Å². The van der Waals surface area contributed by atoms with Crippen molar-refractivity contribution in [3.05, 3.63) is 45.4 Å². The number of aromatic nitrogens is 2. The maximum atomic E-state index is 4.99. The third-order valence-corrected chi connectivity index (χ3v) is 4.19. The Balaban J connectivity index is 1.72. The third-order valence-electron chi connectivity index (χ3n) is 3.21. The minimum absolute atomic E-state index is 0.763. The molecule has 4 nitrogen and oxygen atoms in total. The van der Waals surface area contributed by atoms with Gasteiger partial charge in [-0.2, -0.15) is 0 Å². The average Bonchev–Trinajstić information content (AvgIpc) is 2.93. The van der Waals surface area contributed by atoms with E-state index in [-0.39, 0.29) is 0 Å². The van der Waals surface area contributed by atoms with Crippen LogP contribution in [0, 0.1) is 6.92 Å². The highest BCUT2D eigenvalue weighted by Gasteiger charge is 2.05. The molecule has 0 aliphatic carbocycles. The number of ether oxygens (including phenoxy) is 1. The summed E-state index contributed by atoms with van der Waals surface area (Å²) in [4.78, 5) is 0. The van der Waals surface area contributed by atoms with Gasteiger partial charge in [0.25, 0.3) is 0 Å². The molecule has 21 heavy (non-hydrogen) atoms. The van der Waals surface area contributed by atoms with Gasteiger partial charge in [-0.1, -0.05) is 29.8 Å². The molecule has 114 valence electrons. The summed E-state index contributed by atoms with van der Waals surface area (Å²) in [5.74, 6) is 0. The lowest BCUT2D eigenvalue weighted by molar-refractivity contribution is 0.199. The summed E-state index contributed by atoms with van der Waals surface area (Å²) in [7, 11) is 1.72. The fourth-order valence-electron chi connectivity index (χ4n) is 2.01. The van der Waals surface area contributed by atoms with Crippen LogP contribution in [-0.4, -0.2) is 37.0 Å². The average molecular weight is 305 g/mol. The van der Waals surface area contributed by atoms with E-state index in [9.17, 15) is 0 Å². The van der Waals surface area contributed by atoms with E-state index in [4.69, 9.17) is 4.74 Å². The number of benzene rings is 1. The first-order valence-corrected chi connectivity index (χ1v) is 8.16. The van der Waals surface area contributed by atoms with Gasteiger partial charge in [0.05, 0.1) is 6.61 Å². The predicted molar refractivity (Wildman–Crippen MR) is 87.0 cm³/mol. The van der Waals surface area contributed by atoms with Gasteiger partial charge < -0.3 is 10.1 Å². The Hall–Kier alpha value is -1.30. The molecule has 0 saturated heterocycles. The Bertz CT molecular complexity index is 525. The minimum Gasteiger partial charge on any atom is -0.383 e. The molecular formula is C16H23N3OS. The smallest absolute Gasteiger partial charge is 0.121 e. The first-order chi connectivity index (χ1) is 10.3. The summed E-state index contributed by atoms with van der Waals surface area (Å²) in [6.45, 7) is 4.77. The van der Waals surface area contributed by atoms with Crippen LogP contribution in [0.3, 0.4) is 0 Å². The summed E-state index contributed by atoms with van der Waals surface area (Å²) in [6.07, 6.45) is 2.96. The molecule has 0 fully saturated rings. The molecule has 0 saturated carbocycles. The van der Waals surface area contributed by atoms with Gasteiger partial charge in [0.1, 0.15) is 10.0 Å². The number of nitrogens with zero attached hydrogens (tertiary/aromatic N) is 2. The highest BCUT2D eigenvalue weighted by Crippen LogP contribution is 2.16. The number of hydrogen-bond acceptors (Lipinski definition) is 5. The summed E-state index contributed by atoms with van der Waals surface area (Å²) >= 11 is 1.73. The van der Waals surface area contributed by atoms with Crippen LogP contribution < -0.4 is 5.32 Å². The minimum atomic E-state index is 0.763. The van der Waals surface area contributed by atoms with Crippen molar-refractivity contribution in [3.8, 4) is 0 Å². The van der Waals surface area contributed by atoms with Crippen molar-refractivity contribution in [1.29, 1.82) is 0 Å². The molecule has 2 rings (SSSR count). The van der Waals surface area contributed by atoms with Crippen LogP contribution in [0.5, 0.6) is 0 Å². The molecule has 0 unspecified atom stereocenters. The Morgan fingerprint density at radius 1 is 1.10 bits per heavy atom. The van der Waals surface area contributed by atoms with Crippen molar-refractivity contribution in [3.63, 3.8) is 0 Å². The molecule has 5 heteroatoms. The molecule has 0 spiro atoms. The lowest BCUT2D eigenvalue weighted by Gasteiger charge is -2.01. The molecule has 1 aromatic heterocycles. The number of hydrogen-bond donors (Lipinski definition) is 1. The van der Waals surface area contributed by atoms with E-state index in [1.54, 1.807) is 18.4 Å². The van der Waals surface area contributed by atoms with Gasteiger partial charge in [-0.25, -0.2) is 0 Å². The van der Waals surface area contributed by atoms with E-state index >= 15 is 0 Å². The second-order valence-electron chi connectivity index (χ2n) is 5.10. The quantitative estimate of drug-likeness (QED) is 0.723. The molecule has 1 heterocycles. The van der Waals surface area contributed by atoms with Crippen molar-refractivity contribution in [2.75, 3.05) is 26.8 Å². The van der Waals surface area contributed by atoms with Gasteiger partial charge in [0.2, 0.25) is 0 Å². The highest BCUT2D eigenvalue weighted by molar-refractivity contribution is 7.11. The zero-order valence-corrected chi connectivity index (χ0v) is 13.6. The zero-order valence-electron chi connectivity index (χ0n) is 12.8. The van der Waals surface area contributed by atoms with E-state index in [0.29, 0.717) is 0 Å². The van der Waals surface area contributed by atoms with Crippen LogP contribution >= 0.6 is 11.3 Å². The van der Waals surface area contributed by atoms with Crippen LogP contribution in [0.4, 0.5) is 0 Å². The van der Waals surface area contributed by atoms with Crippen molar-refractivity contribution in [1.82, 2.24) is 15.5 Å². The number of aryl methyl sites for hydroxylation is 2. The molecule has 1 aromatic carbocycles. The van der Waals surface area contributed by atoms with Crippen LogP contribution in [0.25, 0.3) is 0 Å². The van der Waals surface area contributed by atoms with Gasteiger partial charge in [-0.05, 0) is 25.5 Å². The second kappa shape index (κ2) is 8.87. The van der Waals surface area contributed by atoms with E-state index in [1.165, 1.54) is 11.1 Å². The summed E-state index contributed by atoms with van der Waals surface area (Å²) in [5.41, 5.74) is 2.59. The van der Waals surface area contributed by atoms with Crippen LogP contribution in [0.1, 0.15) is 27.6 Å². The maximum absolute atomic E-state index is 4.99. The normalized spacial score (nSPS) is 11.0. The standard InChI is InChI=1S/C16H23N3OS/c1-13-5-7-14(8-6-13)12-16-19-18-15(21-16)4-3-9-17-10-11-20-2/h5-8,17H,3-4,9-12H2,1-2H3. The summed E-state index contributed by atoms with van der Waals surface area (Å²) in [5, 5.41) is 14.1. The lowest BCUT2D eigenvalue weighted by Crippen LogP contribution is -2.20. The van der Waals surface area contributed by atoms with Crippen molar-refractivity contribution < 1.29 is 4.74 Å². The maximum Gasteiger partial charge on any atom is 0.121 e. The highest BCUT2D eigenvalue weighted by atomic mass is 32.1. The largest absolute Gasteiger partial charge is 0.383 e. The Labute approximate surface area is 130 Å². The second-order valence-corrected chi connectivity index (χ2v) is 6.24. The molecule has 0 bridgehead atoms.